The van der Waals surface area contributed by atoms with Crippen LogP contribution < -0.4 is 16.2 Å². The topological polar surface area (TPSA) is 76.0 Å². The molecule has 0 fully saturated rings. The molecule has 0 radical (unpaired) electrons. The molecule has 7 heteroatoms. The number of urea groups is 1. The quantitative estimate of drug-likeness (QED) is 0.904. The fourth-order valence-electron chi connectivity index (χ4n) is 1.83. The standard InChI is InChI=1S/C15H17FN4O2/c1-10-11(2)18-9-20(14(10)21)8-7-17-15(22)19-13-5-3-12(16)4-6-13/h3-6,9H,7-8H2,1-2H3,(H2,17,19,22). The van der Waals surface area contributed by atoms with Gasteiger partial charge in [0, 0.05) is 30.0 Å². The zero-order chi connectivity index (χ0) is 16.1. The summed E-state index contributed by atoms with van der Waals surface area (Å²) in [6, 6.07) is 5.03. The molecular weight excluding hydrogens is 287 g/mol. The number of rotatable bonds is 4. The lowest BCUT2D eigenvalue weighted by atomic mass is 10.3. The summed E-state index contributed by atoms with van der Waals surface area (Å²) >= 11 is 0. The molecule has 0 saturated carbocycles. The normalized spacial score (nSPS) is 10.3. The van der Waals surface area contributed by atoms with E-state index >= 15 is 0 Å². The van der Waals surface area contributed by atoms with Crippen LogP contribution in [0.4, 0.5) is 14.9 Å². The Morgan fingerprint density at radius 1 is 1.27 bits per heavy atom. The smallest absolute Gasteiger partial charge is 0.319 e. The van der Waals surface area contributed by atoms with Crippen LogP contribution in [-0.2, 0) is 6.54 Å². The third-order valence-corrected chi connectivity index (χ3v) is 3.26. The van der Waals surface area contributed by atoms with Gasteiger partial charge in [-0.15, -0.1) is 0 Å². The molecule has 116 valence electrons. The minimum absolute atomic E-state index is 0.117. The molecule has 0 spiro atoms. The van der Waals surface area contributed by atoms with Crippen LogP contribution in [0.3, 0.4) is 0 Å². The number of anilines is 1. The van der Waals surface area contributed by atoms with E-state index in [2.05, 4.69) is 15.6 Å². The number of amides is 2. The molecule has 0 bridgehead atoms. The Morgan fingerprint density at radius 2 is 1.95 bits per heavy atom. The lowest BCUT2D eigenvalue weighted by Gasteiger charge is -2.10. The Morgan fingerprint density at radius 3 is 2.64 bits per heavy atom. The summed E-state index contributed by atoms with van der Waals surface area (Å²) in [7, 11) is 0. The molecule has 1 aromatic carbocycles. The summed E-state index contributed by atoms with van der Waals surface area (Å²) in [6.45, 7) is 4.09. The number of benzene rings is 1. The van der Waals surface area contributed by atoms with Crippen molar-refractivity contribution in [2.24, 2.45) is 0 Å². The average Bonchev–Trinajstić information content (AvgIpc) is 2.49. The number of aromatic nitrogens is 2. The zero-order valence-corrected chi connectivity index (χ0v) is 12.4. The van der Waals surface area contributed by atoms with Crippen molar-refractivity contribution >= 4 is 11.7 Å². The maximum Gasteiger partial charge on any atom is 0.319 e. The fraction of sp³-hybridized carbons (Fsp3) is 0.267. The van der Waals surface area contributed by atoms with Crippen molar-refractivity contribution in [3.63, 3.8) is 0 Å². The summed E-state index contributed by atoms with van der Waals surface area (Å²) in [6.07, 6.45) is 1.46. The van der Waals surface area contributed by atoms with Crippen molar-refractivity contribution in [1.82, 2.24) is 14.9 Å². The van der Waals surface area contributed by atoms with Crippen LogP contribution in [0.25, 0.3) is 0 Å². The average molecular weight is 304 g/mol. The number of nitrogens with one attached hydrogen (secondary N) is 2. The SMILES string of the molecule is Cc1ncn(CCNC(=O)Nc2ccc(F)cc2)c(=O)c1C. The number of hydrogen-bond acceptors (Lipinski definition) is 3. The van der Waals surface area contributed by atoms with Crippen LogP contribution in [0.15, 0.2) is 35.4 Å². The molecule has 0 atom stereocenters. The van der Waals surface area contributed by atoms with Gasteiger partial charge < -0.3 is 10.6 Å². The molecule has 22 heavy (non-hydrogen) atoms. The third-order valence-electron chi connectivity index (χ3n) is 3.26. The van der Waals surface area contributed by atoms with E-state index in [4.69, 9.17) is 0 Å². The second kappa shape index (κ2) is 6.84. The molecule has 1 heterocycles. The van der Waals surface area contributed by atoms with Crippen LogP contribution in [0, 0.1) is 19.7 Å². The van der Waals surface area contributed by atoms with Crippen molar-refractivity contribution in [3.05, 3.63) is 58.0 Å². The molecule has 2 rings (SSSR count). The lowest BCUT2D eigenvalue weighted by Crippen LogP contribution is -2.34. The van der Waals surface area contributed by atoms with Gasteiger partial charge in [-0.2, -0.15) is 0 Å². The van der Waals surface area contributed by atoms with E-state index < -0.39 is 6.03 Å². The van der Waals surface area contributed by atoms with Crippen LogP contribution in [0.1, 0.15) is 11.3 Å². The molecular formula is C15H17FN4O2. The van der Waals surface area contributed by atoms with Gasteiger partial charge in [-0.3, -0.25) is 9.36 Å². The molecule has 2 amide bonds. The first-order chi connectivity index (χ1) is 10.5. The maximum absolute atomic E-state index is 12.7. The number of hydrogen-bond donors (Lipinski definition) is 2. The lowest BCUT2D eigenvalue weighted by molar-refractivity contribution is 0.251. The van der Waals surface area contributed by atoms with Gasteiger partial charge in [0.05, 0.1) is 6.33 Å². The number of carbonyl (C=O) groups is 1. The predicted molar refractivity (Wildman–Crippen MR) is 81.4 cm³/mol. The van der Waals surface area contributed by atoms with Gasteiger partial charge in [0.2, 0.25) is 0 Å². The molecule has 2 aromatic rings. The van der Waals surface area contributed by atoms with Crippen molar-refractivity contribution in [2.45, 2.75) is 20.4 Å². The third kappa shape index (κ3) is 3.91. The predicted octanol–water partition coefficient (Wildman–Crippen LogP) is 1.82. The summed E-state index contributed by atoms with van der Waals surface area (Å²) in [5.41, 5.74) is 1.67. The molecule has 6 nitrogen and oxygen atoms in total. The number of carbonyl (C=O) groups excluding carboxylic acids is 1. The molecule has 0 aliphatic heterocycles. The van der Waals surface area contributed by atoms with Crippen LogP contribution >= 0.6 is 0 Å². The monoisotopic (exact) mass is 304 g/mol. The van der Waals surface area contributed by atoms with E-state index in [1.54, 1.807) is 13.8 Å². The van der Waals surface area contributed by atoms with E-state index in [0.29, 0.717) is 23.5 Å². The Balaban J connectivity index is 1.86. The minimum Gasteiger partial charge on any atom is -0.336 e. The van der Waals surface area contributed by atoms with Gasteiger partial charge in [-0.05, 0) is 38.1 Å². The Bertz CT molecular complexity index is 725. The maximum atomic E-state index is 12.7. The molecule has 0 saturated heterocycles. The van der Waals surface area contributed by atoms with Gasteiger partial charge in [-0.25, -0.2) is 14.2 Å². The number of nitrogens with zero attached hydrogens (tertiary/aromatic N) is 2. The fourth-order valence-corrected chi connectivity index (χ4v) is 1.83. The molecule has 0 aliphatic carbocycles. The first-order valence-electron chi connectivity index (χ1n) is 6.80. The second-order valence-corrected chi connectivity index (χ2v) is 4.84. The van der Waals surface area contributed by atoms with Crippen molar-refractivity contribution in [2.75, 3.05) is 11.9 Å². The van der Waals surface area contributed by atoms with Crippen molar-refractivity contribution in [3.8, 4) is 0 Å². The highest BCUT2D eigenvalue weighted by atomic mass is 19.1. The van der Waals surface area contributed by atoms with Gasteiger partial charge in [0.15, 0.2) is 0 Å². The van der Waals surface area contributed by atoms with E-state index in [0.717, 1.165) is 0 Å². The Kier molecular flexibility index (Phi) is 4.88. The summed E-state index contributed by atoms with van der Waals surface area (Å²) < 4.78 is 14.2. The van der Waals surface area contributed by atoms with E-state index in [-0.39, 0.29) is 17.9 Å². The second-order valence-electron chi connectivity index (χ2n) is 4.84. The molecule has 1 aromatic heterocycles. The van der Waals surface area contributed by atoms with Crippen molar-refractivity contribution in [1.29, 1.82) is 0 Å². The molecule has 0 unspecified atom stereocenters. The van der Waals surface area contributed by atoms with E-state index in [1.807, 2.05) is 0 Å². The summed E-state index contributed by atoms with van der Waals surface area (Å²) in [4.78, 5) is 27.7. The highest BCUT2D eigenvalue weighted by Gasteiger charge is 2.05. The van der Waals surface area contributed by atoms with Crippen LogP contribution in [0.2, 0.25) is 0 Å². The summed E-state index contributed by atoms with van der Waals surface area (Å²) in [5.74, 6) is -0.368. The van der Waals surface area contributed by atoms with E-state index in [9.17, 15) is 14.0 Å². The van der Waals surface area contributed by atoms with Crippen molar-refractivity contribution < 1.29 is 9.18 Å². The highest BCUT2D eigenvalue weighted by molar-refractivity contribution is 5.89. The molecule has 0 aliphatic rings. The Labute approximate surface area is 127 Å². The van der Waals surface area contributed by atoms with Crippen LogP contribution in [0.5, 0.6) is 0 Å². The summed E-state index contributed by atoms with van der Waals surface area (Å²) in [5, 5.41) is 5.20. The number of halogens is 1. The zero-order valence-electron chi connectivity index (χ0n) is 12.4. The van der Waals surface area contributed by atoms with Gasteiger partial charge in [0.25, 0.3) is 5.56 Å². The largest absolute Gasteiger partial charge is 0.336 e. The van der Waals surface area contributed by atoms with Gasteiger partial charge in [0.1, 0.15) is 5.82 Å². The minimum atomic E-state index is -0.420. The Hall–Kier alpha value is -2.70. The molecule has 2 N–H and O–H groups in total. The highest BCUT2D eigenvalue weighted by Crippen LogP contribution is 2.07. The van der Waals surface area contributed by atoms with Crippen LogP contribution in [-0.4, -0.2) is 22.1 Å². The first-order valence-corrected chi connectivity index (χ1v) is 6.80. The van der Waals surface area contributed by atoms with E-state index in [1.165, 1.54) is 35.2 Å². The first kappa shape index (κ1) is 15.7. The van der Waals surface area contributed by atoms with Gasteiger partial charge >= 0.3 is 6.03 Å². The van der Waals surface area contributed by atoms with Gasteiger partial charge in [-0.1, -0.05) is 0 Å². The number of aryl methyl sites for hydroxylation is 1.